The average molecular weight is 232 g/mol. The maximum absolute atomic E-state index is 12.0. The Morgan fingerprint density at radius 2 is 2.29 bits per heavy atom. The number of hydrogen-bond acceptors (Lipinski definition) is 4. The lowest BCUT2D eigenvalue weighted by atomic mass is 10.2. The van der Waals surface area contributed by atoms with Crippen LogP contribution in [-0.2, 0) is 11.8 Å². The van der Waals surface area contributed by atoms with Gasteiger partial charge in [0.1, 0.15) is 11.1 Å². The van der Waals surface area contributed by atoms with E-state index in [1.54, 1.807) is 30.7 Å². The monoisotopic (exact) mass is 232 g/mol. The SMILES string of the molecule is CCOC(=O)c1cn(C)c2cccnc2c1=O. The van der Waals surface area contributed by atoms with Crippen LogP contribution in [0.5, 0.6) is 0 Å². The van der Waals surface area contributed by atoms with Crippen molar-refractivity contribution in [1.29, 1.82) is 0 Å². The van der Waals surface area contributed by atoms with Crippen LogP contribution in [0.15, 0.2) is 29.3 Å². The van der Waals surface area contributed by atoms with Gasteiger partial charge in [0.15, 0.2) is 0 Å². The van der Waals surface area contributed by atoms with Crippen LogP contribution in [0.3, 0.4) is 0 Å². The molecule has 0 amide bonds. The van der Waals surface area contributed by atoms with E-state index in [4.69, 9.17) is 4.74 Å². The van der Waals surface area contributed by atoms with Crippen molar-refractivity contribution in [3.8, 4) is 0 Å². The number of carbonyl (C=O) groups is 1. The van der Waals surface area contributed by atoms with Gasteiger partial charge in [0.2, 0.25) is 5.43 Å². The molecular formula is C12H12N2O3. The van der Waals surface area contributed by atoms with Crippen LogP contribution in [0.2, 0.25) is 0 Å². The zero-order valence-electron chi connectivity index (χ0n) is 9.64. The lowest BCUT2D eigenvalue weighted by Crippen LogP contribution is -2.20. The van der Waals surface area contributed by atoms with Gasteiger partial charge in [-0.15, -0.1) is 0 Å². The summed E-state index contributed by atoms with van der Waals surface area (Å²) in [5.74, 6) is -0.611. The molecule has 2 aromatic heterocycles. The van der Waals surface area contributed by atoms with Crippen LogP contribution in [0.4, 0.5) is 0 Å². The lowest BCUT2D eigenvalue weighted by molar-refractivity contribution is 0.0524. The summed E-state index contributed by atoms with van der Waals surface area (Å²) in [6, 6.07) is 3.52. The van der Waals surface area contributed by atoms with Crippen LogP contribution in [0.1, 0.15) is 17.3 Å². The minimum absolute atomic E-state index is 0.0144. The number of aromatic nitrogens is 2. The van der Waals surface area contributed by atoms with Crippen molar-refractivity contribution < 1.29 is 9.53 Å². The van der Waals surface area contributed by atoms with Crippen molar-refractivity contribution in [2.24, 2.45) is 7.05 Å². The lowest BCUT2D eigenvalue weighted by Gasteiger charge is -2.07. The molecular weight excluding hydrogens is 220 g/mol. The van der Waals surface area contributed by atoms with Gasteiger partial charge in [-0.1, -0.05) is 0 Å². The van der Waals surface area contributed by atoms with Crippen LogP contribution in [0, 0.1) is 0 Å². The van der Waals surface area contributed by atoms with Gasteiger partial charge in [0.25, 0.3) is 0 Å². The molecule has 0 atom stereocenters. The minimum Gasteiger partial charge on any atom is -0.462 e. The second-order valence-electron chi connectivity index (χ2n) is 3.57. The quantitative estimate of drug-likeness (QED) is 0.728. The molecule has 0 saturated heterocycles. The maximum Gasteiger partial charge on any atom is 0.343 e. The molecule has 2 aromatic rings. The number of aryl methyl sites for hydroxylation is 1. The summed E-state index contributed by atoms with van der Waals surface area (Å²) in [4.78, 5) is 27.6. The zero-order valence-corrected chi connectivity index (χ0v) is 9.64. The van der Waals surface area contributed by atoms with E-state index in [1.165, 1.54) is 12.4 Å². The molecule has 88 valence electrons. The molecule has 0 aliphatic heterocycles. The normalized spacial score (nSPS) is 10.5. The average Bonchev–Trinajstić information content (AvgIpc) is 2.34. The number of hydrogen-bond donors (Lipinski definition) is 0. The van der Waals surface area contributed by atoms with Crippen LogP contribution >= 0.6 is 0 Å². The smallest absolute Gasteiger partial charge is 0.343 e. The summed E-state index contributed by atoms with van der Waals surface area (Å²) in [7, 11) is 1.76. The second-order valence-corrected chi connectivity index (χ2v) is 3.57. The van der Waals surface area contributed by atoms with Crippen molar-refractivity contribution in [2.45, 2.75) is 6.92 Å². The summed E-state index contributed by atoms with van der Waals surface area (Å²) in [5, 5.41) is 0. The maximum atomic E-state index is 12.0. The third-order valence-corrected chi connectivity index (χ3v) is 2.44. The summed E-state index contributed by atoms with van der Waals surface area (Å²) < 4.78 is 6.52. The van der Waals surface area contributed by atoms with Crippen LogP contribution in [0.25, 0.3) is 11.0 Å². The second kappa shape index (κ2) is 4.37. The Morgan fingerprint density at radius 3 is 3.00 bits per heavy atom. The van der Waals surface area contributed by atoms with Crippen molar-refractivity contribution in [3.05, 3.63) is 40.3 Å². The van der Waals surface area contributed by atoms with Crippen molar-refractivity contribution in [2.75, 3.05) is 6.61 Å². The van der Waals surface area contributed by atoms with Gasteiger partial charge >= 0.3 is 5.97 Å². The molecule has 0 aromatic carbocycles. The Morgan fingerprint density at radius 1 is 1.53 bits per heavy atom. The number of pyridine rings is 2. The van der Waals surface area contributed by atoms with Gasteiger partial charge in [-0.3, -0.25) is 9.78 Å². The fraction of sp³-hybridized carbons (Fsp3) is 0.250. The zero-order chi connectivity index (χ0) is 12.4. The highest BCUT2D eigenvalue weighted by Gasteiger charge is 2.15. The Balaban J connectivity index is 2.71. The van der Waals surface area contributed by atoms with Gasteiger partial charge in [-0.25, -0.2) is 4.79 Å². The summed E-state index contributed by atoms with van der Waals surface area (Å²) in [6.07, 6.45) is 3.00. The van der Waals surface area contributed by atoms with Crippen LogP contribution in [-0.4, -0.2) is 22.1 Å². The topological polar surface area (TPSA) is 61.2 Å². The molecule has 0 bridgehead atoms. The van der Waals surface area contributed by atoms with E-state index in [0.717, 1.165) is 0 Å². The van der Waals surface area contributed by atoms with Crippen molar-refractivity contribution >= 4 is 17.0 Å². The van der Waals surface area contributed by atoms with Crippen LogP contribution < -0.4 is 5.43 Å². The number of ether oxygens (including phenoxy) is 1. The van der Waals surface area contributed by atoms with Gasteiger partial charge in [0, 0.05) is 19.4 Å². The van der Waals surface area contributed by atoms with E-state index < -0.39 is 11.4 Å². The first-order chi connectivity index (χ1) is 8.15. The standard InChI is InChI=1S/C12H12N2O3/c1-3-17-12(16)8-7-14(2)9-5-4-6-13-10(9)11(8)15/h4-7H,3H2,1-2H3. The molecule has 0 aliphatic carbocycles. The van der Waals surface area contributed by atoms with E-state index in [1.807, 2.05) is 0 Å². The van der Waals surface area contributed by atoms with Gasteiger partial charge in [-0.2, -0.15) is 0 Å². The number of esters is 1. The predicted octanol–water partition coefficient (Wildman–Crippen LogP) is 1.11. The number of carbonyl (C=O) groups excluding carboxylic acids is 1. The Labute approximate surface area is 97.7 Å². The molecule has 0 saturated carbocycles. The Kier molecular flexibility index (Phi) is 2.91. The van der Waals surface area contributed by atoms with E-state index in [0.29, 0.717) is 5.52 Å². The Bertz CT molecular complexity index is 631. The van der Waals surface area contributed by atoms with Gasteiger partial charge in [0.05, 0.1) is 12.1 Å². The molecule has 0 radical (unpaired) electrons. The largest absolute Gasteiger partial charge is 0.462 e. The highest BCUT2D eigenvalue weighted by molar-refractivity contribution is 5.92. The number of rotatable bonds is 2. The van der Waals surface area contributed by atoms with E-state index in [2.05, 4.69) is 4.98 Å². The summed E-state index contributed by atoms with van der Waals surface area (Å²) in [6.45, 7) is 1.93. The summed E-state index contributed by atoms with van der Waals surface area (Å²) in [5.41, 5.74) is 0.587. The predicted molar refractivity (Wildman–Crippen MR) is 62.9 cm³/mol. The molecule has 2 heterocycles. The molecule has 0 fully saturated rings. The van der Waals surface area contributed by atoms with Crippen molar-refractivity contribution in [3.63, 3.8) is 0 Å². The third kappa shape index (κ3) is 1.91. The van der Waals surface area contributed by atoms with E-state index in [-0.39, 0.29) is 17.7 Å². The minimum atomic E-state index is -0.611. The van der Waals surface area contributed by atoms with Crippen molar-refractivity contribution in [1.82, 2.24) is 9.55 Å². The number of nitrogens with zero attached hydrogens (tertiary/aromatic N) is 2. The van der Waals surface area contributed by atoms with E-state index in [9.17, 15) is 9.59 Å². The first kappa shape index (κ1) is 11.3. The molecule has 0 N–H and O–H groups in total. The fourth-order valence-corrected chi connectivity index (χ4v) is 1.66. The molecule has 17 heavy (non-hydrogen) atoms. The highest BCUT2D eigenvalue weighted by atomic mass is 16.5. The number of fused-ring (bicyclic) bond motifs is 1. The molecule has 0 unspecified atom stereocenters. The first-order valence-corrected chi connectivity index (χ1v) is 5.26. The Hall–Kier alpha value is -2.17. The fourth-order valence-electron chi connectivity index (χ4n) is 1.66. The molecule has 0 aliphatic rings. The molecule has 5 nitrogen and oxygen atoms in total. The molecule has 5 heteroatoms. The van der Waals surface area contributed by atoms with Gasteiger partial charge < -0.3 is 9.30 Å². The van der Waals surface area contributed by atoms with E-state index >= 15 is 0 Å². The first-order valence-electron chi connectivity index (χ1n) is 5.26. The molecule has 0 spiro atoms. The molecule has 2 rings (SSSR count). The van der Waals surface area contributed by atoms with Gasteiger partial charge in [-0.05, 0) is 19.1 Å². The highest BCUT2D eigenvalue weighted by Crippen LogP contribution is 2.08. The third-order valence-electron chi connectivity index (χ3n) is 2.44. The summed E-state index contributed by atoms with van der Waals surface area (Å²) >= 11 is 0.